The topological polar surface area (TPSA) is 42.2 Å². The number of benzene rings is 1. The highest BCUT2D eigenvalue weighted by atomic mass is 15.3. The fourth-order valence-corrected chi connectivity index (χ4v) is 1.94. The Bertz CT molecular complexity index is 658. The lowest BCUT2D eigenvalue weighted by Gasteiger charge is -1.99. The second-order valence-electron chi connectivity index (χ2n) is 4.17. The maximum Gasteiger partial charge on any atom is 0.182 e. The molecule has 4 nitrogen and oxygen atoms in total. The first-order valence-corrected chi connectivity index (χ1v) is 5.92. The van der Waals surface area contributed by atoms with E-state index in [0.717, 1.165) is 23.6 Å². The van der Waals surface area contributed by atoms with E-state index in [2.05, 4.69) is 21.5 Å². The van der Waals surface area contributed by atoms with Gasteiger partial charge in [-0.15, -0.1) is 5.10 Å². The number of fused-ring (bicyclic) bond motifs is 1. The molecule has 0 unspecified atom stereocenters. The van der Waals surface area contributed by atoms with E-state index < -0.39 is 0 Å². The van der Waals surface area contributed by atoms with Gasteiger partial charge in [-0.3, -0.25) is 0 Å². The molecule has 0 saturated carbocycles. The van der Waals surface area contributed by atoms with Crippen molar-refractivity contribution >= 4 is 5.65 Å². The minimum Gasteiger partial charge on any atom is -0.316 e. The van der Waals surface area contributed by atoms with Crippen molar-refractivity contribution in [2.45, 2.75) is 6.54 Å². The molecule has 0 bridgehead atoms. The Hall–Kier alpha value is -2.20. The summed E-state index contributed by atoms with van der Waals surface area (Å²) in [6, 6.07) is 14.1. The first-order chi connectivity index (χ1) is 8.86. The first-order valence-electron chi connectivity index (χ1n) is 5.92. The van der Waals surface area contributed by atoms with Crippen LogP contribution in [0.1, 0.15) is 5.56 Å². The van der Waals surface area contributed by atoms with E-state index in [1.54, 1.807) is 0 Å². The van der Waals surface area contributed by atoms with Crippen LogP contribution in [0, 0.1) is 0 Å². The minimum atomic E-state index is 0.761. The van der Waals surface area contributed by atoms with Crippen molar-refractivity contribution in [1.29, 1.82) is 0 Å². The van der Waals surface area contributed by atoms with Crippen molar-refractivity contribution in [3.05, 3.63) is 54.2 Å². The summed E-state index contributed by atoms with van der Waals surface area (Å²) >= 11 is 0. The molecule has 4 heteroatoms. The van der Waals surface area contributed by atoms with Gasteiger partial charge in [0.05, 0.1) is 0 Å². The van der Waals surface area contributed by atoms with Gasteiger partial charge in [0.25, 0.3) is 0 Å². The summed E-state index contributed by atoms with van der Waals surface area (Å²) in [5.74, 6) is 0.761. The fourth-order valence-electron chi connectivity index (χ4n) is 1.94. The highest BCUT2D eigenvalue weighted by Gasteiger charge is 2.05. The SMILES string of the molecule is CNCc1ccc2nc(-c3ccccc3)nn2c1. The van der Waals surface area contributed by atoms with E-state index in [0.29, 0.717) is 0 Å². The number of aromatic nitrogens is 3. The molecule has 18 heavy (non-hydrogen) atoms. The summed E-state index contributed by atoms with van der Waals surface area (Å²) in [4.78, 5) is 4.52. The van der Waals surface area contributed by atoms with Gasteiger partial charge >= 0.3 is 0 Å². The van der Waals surface area contributed by atoms with E-state index in [1.807, 2.05) is 54.2 Å². The number of hydrogen-bond donors (Lipinski definition) is 1. The summed E-state index contributed by atoms with van der Waals surface area (Å²) in [6.45, 7) is 0.830. The zero-order valence-corrected chi connectivity index (χ0v) is 10.2. The van der Waals surface area contributed by atoms with Crippen LogP contribution in [0.5, 0.6) is 0 Å². The van der Waals surface area contributed by atoms with Crippen molar-refractivity contribution in [1.82, 2.24) is 19.9 Å². The third kappa shape index (κ3) is 1.98. The first kappa shape index (κ1) is 10.9. The predicted octanol–water partition coefficient (Wildman–Crippen LogP) is 2.12. The van der Waals surface area contributed by atoms with Gasteiger partial charge in [0, 0.05) is 18.3 Å². The van der Waals surface area contributed by atoms with Crippen LogP contribution in [-0.4, -0.2) is 21.6 Å². The number of nitrogens with one attached hydrogen (secondary N) is 1. The van der Waals surface area contributed by atoms with Gasteiger partial charge in [-0.1, -0.05) is 36.4 Å². The molecule has 0 aliphatic carbocycles. The monoisotopic (exact) mass is 238 g/mol. The second-order valence-corrected chi connectivity index (χ2v) is 4.17. The molecule has 1 N–H and O–H groups in total. The summed E-state index contributed by atoms with van der Waals surface area (Å²) in [5.41, 5.74) is 3.10. The van der Waals surface area contributed by atoms with Crippen molar-refractivity contribution in [2.24, 2.45) is 0 Å². The maximum atomic E-state index is 4.52. The van der Waals surface area contributed by atoms with Crippen molar-refractivity contribution in [3.8, 4) is 11.4 Å². The molecule has 0 atom stereocenters. The van der Waals surface area contributed by atoms with E-state index in [1.165, 1.54) is 5.56 Å². The van der Waals surface area contributed by atoms with Crippen LogP contribution in [-0.2, 0) is 6.54 Å². The second kappa shape index (κ2) is 4.58. The highest BCUT2D eigenvalue weighted by molar-refractivity contribution is 5.57. The maximum absolute atomic E-state index is 4.52. The smallest absolute Gasteiger partial charge is 0.182 e. The van der Waals surface area contributed by atoms with Gasteiger partial charge in [0.2, 0.25) is 0 Å². The number of hydrogen-bond acceptors (Lipinski definition) is 3. The van der Waals surface area contributed by atoms with Crippen LogP contribution < -0.4 is 5.32 Å². The van der Waals surface area contributed by atoms with Gasteiger partial charge in [0.15, 0.2) is 11.5 Å². The third-order valence-electron chi connectivity index (χ3n) is 2.81. The van der Waals surface area contributed by atoms with Gasteiger partial charge < -0.3 is 5.32 Å². The van der Waals surface area contributed by atoms with Crippen LogP contribution in [0.25, 0.3) is 17.0 Å². The zero-order valence-electron chi connectivity index (χ0n) is 10.2. The van der Waals surface area contributed by atoms with Crippen molar-refractivity contribution in [3.63, 3.8) is 0 Å². The van der Waals surface area contributed by atoms with Gasteiger partial charge in [-0.2, -0.15) is 0 Å². The number of rotatable bonds is 3. The molecule has 0 fully saturated rings. The Balaban J connectivity index is 2.06. The summed E-state index contributed by atoms with van der Waals surface area (Å²) < 4.78 is 1.83. The van der Waals surface area contributed by atoms with Crippen molar-refractivity contribution in [2.75, 3.05) is 7.05 Å². The summed E-state index contributed by atoms with van der Waals surface area (Å²) in [7, 11) is 1.93. The Morgan fingerprint density at radius 2 is 1.94 bits per heavy atom. The Labute approximate surface area is 105 Å². The summed E-state index contributed by atoms with van der Waals surface area (Å²) in [6.07, 6.45) is 2.01. The minimum absolute atomic E-state index is 0.761. The molecule has 0 saturated heterocycles. The van der Waals surface area contributed by atoms with Crippen LogP contribution >= 0.6 is 0 Å². The largest absolute Gasteiger partial charge is 0.316 e. The van der Waals surface area contributed by atoms with Gasteiger partial charge in [0.1, 0.15) is 0 Å². The van der Waals surface area contributed by atoms with E-state index in [-0.39, 0.29) is 0 Å². The molecule has 0 radical (unpaired) electrons. The van der Waals surface area contributed by atoms with Crippen LogP contribution in [0.2, 0.25) is 0 Å². The standard InChI is InChI=1S/C14H14N4/c1-15-9-11-7-8-13-16-14(17-18(13)10-11)12-5-3-2-4-6-12/h2-8,10,15H,9H2,1H3. The molecular weight excluding hydrogens is 224 g/mol. The Morgan fingerprint density at radius 1 is 1.11 bits per heavy atom. The summed E-state index contributed by atoms with van der Waals surface area (Å²) in [5, 5.41) is 7.63. The lowest BCUT2D eigenvalue weighted by molar-refractivity contribution is 0.803. The van der Waals surface area contributed by atoms with Gasteiger partial charge in [-0.05, 0) is 18.7 Å². The third-order valence-corrected chi connectivity index (χ3v) is 2.81. The van der Waals surface area contributed by atoms with Crippen LogP contribution in [0.15, 0.2) is 48.7 Å². The molecule has 90 valence electrons. The van der Waals surface area contributed by atoms with Gasteiger partial charge in [-0.25, -0.2) is 9.50 Å². The average Bonchev–Trinajstić information content (AvgIpc) is 2.83. The fraction of sp³-hybridized carbons (Fsp3) is 0.143. The zero-order chi connectivity index (χ0) is 12.4. The molecule has 1 aromatic carbocycles. The Kier molecular flexibility index (Phi) is 2.78. The quantitative estimate of drug-likeness (QED) is 0.760. The molecule has 3 aromatic rings. The molecule has 0 aliphatic rings. The molecule has 0 spiro atoms. The number of nitrogens with zero attached hydrogens (tertiary/aromatic N) is 3. The molecule has 2 aromatic heterocycles. The normalized spacial score (nSPS) is 10.9. The lowest BCUT2D eigenvalue weighted by atomic mass is 10.2. The van der Waals surface area contributed by atoms with Crippen LogP contribution in [0.4, 0.5) is 0 Å². The van der Waals surface area contributed by atoms with E-state index in [4.69, 9.17) is 0 Å². The Morgan fingerprint density at radius 3 is 2.72 bits per heavy atom. The van der Waals surface area contributed by atoms with Crippen LogP contribution in [0.3, 0.4) is 0 Å². The van der Waals surface area contributed by atoms with E-state index in [9.17, 15) is 0 Å². The molecule has 0 aliphatic heterocycles. The number of pyridine rings is 1. The highest BCUT2D eigenvalue weighted by Crippen LogP contribution is 2.15. The van der Waals surface area contributed by atoms with E-state index >= 15 is 0 Å². The average molecular weight is 238 g/mol. The lowest BCUT2D eigenvalue weighted by Crippen LogP contribution is -2.05. The molecular formula is C14H14N4. The predicted molar refractivity (Wildman–Crippen MR) is 71.2 cm³/mol. The molecule has 0 amide bonds. The molecule has 2 heterocycles. The van der Waals surface area contributed by atoms with Crippen molar-refractivity contribution < 1.29 is 0 Å². The molecule has 3 rings (SSSR count).